The Balaban J connectivity index is 1.71. The van der Waals surface area contributed by atoms with Crippen LogP contribution in [0.3, 0.4) is 0 Å². The number of hydrogen-bond acceptors (Lipinski definition) is 3. The molecule has 2 saturated heterocycles. The number of epoxide rings is 2. The van der Waals surface area contributed by atoms with E-state index in [2.05, 4.69) is 38.2 Å². The molecule has 3 nitrogen and oxygen atoms in total. The summed E-state index contributed by atoms with van der Waals surface area (Å²) >= 11 is 0. The van der Waals surface area contributed by atoms with Crippen molar-refractivity contribution in [1.82, 2.24) is 0 Å². The molecule has 2 heterocycles. The number of allylic oxidation sites excluding steroid dienone is 2. The Bertz CT molecular complexity index is 347. The Kier molecular flexibility index (Phi) is 10.5. The minimum atomic E-state index is 0.0742. The van der Waals surface area contributed by atoms with Crippen molar-refractivity contribution in [3.63, 3.8) is 0 Å². The first-order valence-electron chi connectivity index (χ1n) is 10.6. The van der Waals surface area contributed by atoms with E-state index in [1.807, 2.05) is 0 Å². The third-order valence-electron chi connectivity index (χ3n) is 4.87. The van der Waals surface area contributed by atoms with Gasteiger partial charge in [-0.3, -0.25) is 0 Å². The molecule has 0 aliphatic carbocycles. The van der Waals surface area contributed by atoms with Crippen molar-refractivity contribution in [2.24, 2.45) is 0 Å². The number of ether oxygens (including phenoxy) is 3. The van der Waals surface area contributed by atoms with E-state index in [-0.39, 0.29) is 24.4 Å². The largest absolute Gasteiger partial charge is 0.370 e. The lowest BCUT2D eigenvalue weighted by Crippen LogP contribution is -2.27. The van der Waals surface area contributed by atoms with E-state index in [0.29, 0.717) is 0 Å². The van der Waals surface area contributed by atoms with Crippen LogP contribution in [0.2, 0.25) is 0 Å². The van der Waals surface area contributed by atoms with Gasteiger partial charge in [0.15, 0.2) is 0 Å². The van der Waals surface area contributed by atoms with Gasteiger partial charge >= 0.3 is 0 Å². The Morgan fingerprint density at radius 1 is 0.760 bits per heavy atom. The standard InChI is InChI=1S/C22H38O3/c1-3-5-7-9-11-13-15-19(21-17-23-21)25-20(22-18-24-22)16-14-12-10-8-6-4-2/h13-16,19-22H,3-12,17-18H2,1-2H3/b15-13+,16-14+. The summed E-state index contributed by atoms with van der Waals surface area (Å²) in [5.41, 5.74) is 0. The van der Waals surface area contributed by atoms with Gasteiger partial charge in [-0.2, -0.15) is 0 Å². The van der Waals surface area contributed by atoms with Crippen LogP contribution in [0.1, 0.15) is 78.1 Å². The lowest BCUT2D eigenvalue weighted by Gasteiger charge is -2.18. The molecule has 2 aliphatic heterocycles. The van der Waals surface area contributed by atoms with Gasteiger partial charge in [0.25, 0.3) is 0 Å². The van der Waals surface area contributed by atoms with E-state index < -0.39 is 0 Å². The highest BCUT2D eigenvalue weighted by Gasteiger charge is 2.38. The molecule has 0 aromatic rings. The zero-order valence-electron chi connectivity index (χ0n) is 16.3. The van der Waals surface area contributed by atoms with Crippen LogP contribution in [0.5, 0.6) is 0 Å². The second-order valence-corrected chi connectivity index (χ2v) is 7.36. The van der Waals surface area contributed by atoms with Gasteiger partial charge in [-0.15, -0.1) is 0 Å². The van der Waals surface area contributed by atoms with Crippen LogP contribution in [0, 0.1) is 0 Å². The molecule has 2 fully saturated rings. The van der Waals surface area contributed by atoms with Gasteiger partial charge < -0.3 is 14.2 Å². The molecule has 0 bridgehead atoms. The first-order valence-corrected chi connectivity index (χ1v) is 10.6. The molecule has 0 N–H and O–H groups in total. The maximum atomic E-state index is 6.33. The average Bonchev–Trinajstić information content (AvgIpc) is 3.49. The van der Waals surface area contributed by atoms with Crippen LogP contribution in [0.4, 0.5) is 0 Å². The van der Waals surface area contributed by atoms with E-state index in [9.17, 15) is 0 Å². The first-order chi connectivity index (χ1) is 12.3. The summed E-state index contributed by atoms with van der Waals surface area (Å²) in [7, 11) is 0. The van der Waals surface area contributed by atoms with Gasteiger partial charge in [-0.05, 0) is 25.7 Å². The number of rotatable bonds is 16. The fourth-order valence-electron chi connectivity index (χ4n) is 3.02. The topological polar surface area (TPSA) is 34.3 Å². The lowest BCUT2D eigenvalue weighted by molar-refractivity contribution is 0.0113. The Morgan fingerprint density at radius 3 is 1.56 bits per heavy atom. The molecule has 0 amide bonds. The second kappa shape index (κ2) is 12.7. The summed E-state index contributed by atoms with van der Waals surface area (Å²) in [6, 6.07) is 0. The molecule has 0 saturated carbocycles. The zero-order chi connectivity index (χ0) is 17.7. The minimum absolute atomic E-state index is 0.0742. The van der Waals surface area contributed by atoms with Crippen molar-refractivity contribution in [3.8, 4) is 0 Å². The van der Waals surface area contributed by atoms with E-state index in [0.717, 1.165) is 26.1 Å². The van der Waals surface area contributed by atoms with E-state index in [1.54, 1.807) is 0 Å². The Hall–Kier alpha value is -0.640. The molecule has 3 heteroatoms. The van der Waals surface area contributed by atoms with Crippen LogP contribution in [0.15, 0.2) is 24.3 Å². The van der Waals surface area contributed by atoms with Gasteiger partial charge in [0.2, 0.25) is 0 Å². The normalized spacial score (nSPS) is 24.9. The van der Waals surface area contributed by atoms with Crippen LogP contribution < -0.4 is 0 Å². The van der Waals surface area contributed by atoms with Gasteiger partial charge in [0.05, 0.1) is 13.2 Å². The minimum Gasteiger partial charge on any atom is -0.370 e. The van der Waals surface area contributed by atoms with Crippen molar-refractivity contribution >= 4 is 0 Å². The SMILES string of the molecule is CCCCCC/C=C/C(OC(/C=C/CCCCCC)C1CO1)C1CO1. The van der Waals surface area contributed by atoms with Crippen molar-refractivity contribution in [3.05, 3.63) is 24.3 Å². The summed E-state index contributed by atoms with van der Waals surface area (Å²) < 4.78 is 17.3. The molecule has 25 heavy (non-hydrogen) atoms. The highest BCUT2D eigenvalue weighted by atomic mass is 16.6. The summed E-state index contributed by atoms with van der Waals surface area (Å²) in [4.78, 5) is 0. The predicted octanol–water partition coefficient (Wildman–Crippen LogP) is 5.59. The van der Waals surface area contributed by atoms with Crippen molar-refractivity contribution in [2.75, 3.05) is 13.2 Å². The monoisotopic (exact) mass is 350 g/mol. The predicted molar refractivity (Wildman–Crippen MR) is 104 cm³/mol. The molecule has 2 rings (SSSR count). The summed E-state index contributed by atoms with van der Waals surface area (Å²) in [5, 5.41) is 0. The molecular weight excluding hydrogens is 312 g/mol. The van der Waals surface area contributed by atoms with E-state index >= 15 is 0 Å². The fraction of sp³-hybridized carbons (Fsp3) is 0.818. The van der Waals surface area contributed by atoms with Crippen molar-refractivity contribution in [1.29, 1.82) is 0 Å². The molecule has 4 unspecified atom stereocenters. The van der Waals surface area contributed by atoms with Crippen LogP contribution >= 0.6 is 0 Å². The molecule has 0 radical (unpaired) electrons. The summed E-state index contributed by atoms with van der Waals surface area (Å²) in [5.74, 6) is 0. The molecule has 0 aromatic carbocycles. The molecule has 144 valence electrons. The maximum Gasteiger partial charge on any atom is 0.111 e. The third kappa shape index (κ3) is 9.58. The Morgan fingerprint density at radius 2 is 1.20 bits per heavy atom. The smallest absolute Gasteiger partial charge is 0.111 e. The zero-order valence-corrected chi connectivity index (χ0v) is 16.3. The summed E-state index contributed by atoms with van der Waals surface area (Å²) in [6.07, 6.45) is 22.4. The Labute approximate surface area is 154 Å². The maximum absolute atomic E-state index is 6.33. The average molecular weight is 351 g/mol. The first kappa shape index (κ1) is 20.7. The lowest BCUT2D eigenvalue weighted by atomic mass is 10.1. The fourth-order valence-corrected chi connectivity index (χ4v) is 3.02. The number of unbranched alkanes of at least 4 members (excludes halogenated alkanes) is 8. The third-order valence-corrected chi connectivity index (χ3v) is 4.87. The van der Waals surface area contributed by atoms with Crippen LogP contribution in [0.25, 0.3) is 0 Å². The summed E-state index contributed by atoms with van der Waals surface area (Å²) in [6.45, 7) is 6.15. The van der Waals surface area contributed by atoms with Crippen molar-refractivity contribution < 1.29 is 14.2 Å². The van der Waals surface area contributed by atoms with E-state index in [4.69, 9.17) is 14.2 Å². The van der Waals surface area contributed by atoms with E-state index in [1.165, 1.54) is 51.4 Å². The molecule has 0 aromatic heterocycles. The van der Waals surface area contributed by atoms with Crippen LogP contribution in [-0.4, -0.2) is 37.6 Å². The van der Waals surface area contributed by atoms with Gasteiger partial charge in [0, 0.05) is 0 Å². The molecule has 0 spiro atoms. The highest BCUT2D eigenvalue weighted by molar-refractivity contribution is 5.03. The quantitative estimate of drug-likeness (QED) is 0.207. The molecule has 2 aliphatic rings. The molecule has 4 atom stereocenters. The van der Waals surface area contributed by atoms with Gasteiger partial charge in [0.1, 0.15) is 24.4 Å². The van der Waals surface area contributed by atoms with Gasteiger partial charge in [-0.25, -0.2) is 0 Å². The van der Waals surface area contributed by atoms with Crippen LogP contribution in [-0.2, 0) is 14.2 Å². The highest BCUT2D eigenvalue weighted by Crippen LogP contribution is 2.26. The number of hydrogen-bond donors (Lipinski definition) is 0. The van der Waals surface area contributed by atoms with Gasteiger partial charge in [-0.1, -0.05) is 76.7 Å². The van der Waals surface area contributed by atoms with Crippen molar-refractivity contribution in [2.45, 2.75) is 102 Å². The second-order valence-electron chi connectivity index (χ2n) is 7.36. The molecular formula is C22H38O3.